The maximum absolute atomic E-state index is 12.7. The molecule has 2 heterocycles. The van der Waals surface area contributed by atoms with E-state index in [0.29, 0.717) is 38.2 Å². The number of nitrogens with zero attached hydrogens (tertiary/aromatic N) is 2. The Morgan fingerprint density at radius 1 is 1.35 bits per heavy atom. The second-order valence-corrected chi connectivity index (χ2v) is 6.08. The van der Waals surface area contributed by atoms with Gasteiger partial charge in [0.1, 0.15) is 0 Å². The minimum Gasteiger partial charge on any atom is -0.356 e. The summed E-state index contributed by atoms with van der Waals surface area (Å²) < 4.78 is 0. The van der Waals surface area contributed by atoms with Gasteiger partial charge in [0.2, 0.25) is 5.91 Å². The van der Waals surface area contributed by atoms with Crippen molar-refractivity contribution < 1.29 is 9.59 Å². The molecule has 0 bridgehead atoms. The van der Waals surface area contributed by atoms with Crippen LogP contribution in [0, 0.1) is 12.8 Å². The first-order valence-electron chi connectivity index (χ1n) is 8.12. The molecule has 0 radical (unpaired) electrons. The number of amides is 2. The molecule has 0 aliphatic carbocycles. The van der Waals surface area contributed by atoms with Crippen LogP contribution >= 0.6 is 0 Å². The lowest BCUT2D eigenvalue weighted by Crippen LogP contribution is -2.43. The van der Waals surface area contributed by atoms with Crippen LogP contribution in [0.25, 0.3) is 10.9 Å². The molecule has 6 nitrogen and oxygen atoms in total. The van der Waals surface area contributed by atoms with Crippen LogP contribution in [0.15, 0.2) is 18.2 Å². The van der Waals surface area contributed by atoms with Gasteiger partial charge in [-0.3, -0.25) is 14.7 Å². The Hall–Kier alpha value is -2.37. The van der Waals surface area contributed by atoms with E-state index >= 15 is 0 Å². The molecule has 2 N–H and O–H groups in total. The second kappa shape index (κ2) is 6.40. The van der Waals surface area contributed by atoms with Crippen molar-refractivity contribution in [2.75, 3.05) is 19.6 Å². The van der Waals surface area contributed by atoms with Crippen molar-refractivity contribution in [2.24, 2.45) is 5.92 Å². The summed E-state index contributed by atoms with van der Waals surface area (Å²) in [4.78, 5) is 26.4. The third kappa shape index (κ3) is 3.06. The number of fused-ring (bicyclic) bond motifs is 1. The van der Waals surface area contributed by atoms with E-state index < -0.39 is 0 Å². The van der Waals surface area contributed by atoms with Crippen molar-refractivity contribution in [1.82, 2.24) is 20.4 Å². The molecule has 1 aromatic carbocycles. The first kappa shape index (κ1) is 15.5. The first-order chi connectivity index (χ1) is 11.1. The number of rotatable bonds is 3. The van der Waals surface area contributed by atoms with Gasteiger partial charge in [-0.15, -0.1) is 0 Å². The third-order valence-corrected chi connectivity index (χ3v) is 4.42. The zero-order valence-electron chi connectivity index (χ0n) is 13.6. The maximum atomic E-state index is 12.7. The Labute approximate surface area is 135 Å². The Kier molecular flexibility index (Phi) is 4.32. The van der Waals surface area contributed by atoms with Crippen LogP contribution in [0.2, 0.25) is 0 Å². The van der Waals surface area contributed by atoms with Crippen molar-refractivity contribution in [3.63, 3.8) is 0 Å². The highest BCUT2D eigenvalue weighted by molar-refractivity contribution is 6.04. The summed E-state index contributed by atoms with van der Waals surface area (Å²) in [5.74, 6) is 0.0498. The number of aromatic nitrogens is 2. The van der Waals surface area contributed by atoms with Gasteiger partial charge < -0.3 is 10.2 Å². The van der Waals surface area contributed by atoms with Crippen molar-refractivity contribution in [3.8, 4) is 0 Å². The zero-order chi connectivity index (χ0) is 16.4. The number of aryl methyl sites for hydroxylation is 1. The molecule has 23 heavy (non-hydrogen) atoms. The van der Waals surface area contributed by atoms with E-state index in [-0.39, 0.29) is 17.7 Å². The topological polar surface area (TPSA) is 78.1 Å². The molecule has 1 aromatic heterocycles. The summed E-state index contributed by atoms with van der Waals surface area (Å²) in [7, 11) is 0. The van der Waals surface area contributed by atoms with Crippen LogP contribution in [0.1, 0.15) is 35.8 Å². The summed E-state index contributed by atoms with van der Waals surface area (Å²) in [6.45, 7) is 5.76. The van der Waals surface area contributed by atoms with Gasteiger partial charge >= 0.3 is 0 Å². The molecule has 6 heteroatoms. The number of piperidine rings is 1. The SMILES string of the molecule is CCNC(=O)C1CCN(C(=O)c2n[nH]c3ccc(C)cc23)CC1. The van der Waals surface area contributed by atoms with E-state index in [1.807, 2.05) is 32.0 Å². The van der Waals surface area contributed by atoms with Gasteiger partial charge in [-0.1, -0.05) is 11.6 Å². The summed E-state index contributed by atoms with van der Waals surface area (Å²) in [5.41, 5.74) is 2.44. The zero-order valence-corrected chi connectivity index (χ0v) is 13.6. The van der Waals surface area contributed by atoms with Crippen LogP contribution in [0.3, 0.4) is 0 Å². The minimum atomic E-state index is -0.0591. The van der Waals surface area contributed by atoms with E-state index in [1.165, 1.54) is 0 Å². The number of hydrogen-bond acceptors (Lipinski definition) is 3. The third-order valence-electron chi connectivity index (χ3n) is 4.42. The molecule has 1 saturated heterocycles. The molecule has 1 aliphatic rings. The summed E-state index contributed by atoms with van der Waals surface area (Å²) in [5, 5.41) is 10.8. The highest BCUT2D eigenvalue weighted by Crippen LogP contribution is 2.22. The molecule has 0 spiro atoms. The van der Waals surface area contributed by atoms with Gasteiger partial charge in [-0.2, -0.15) is 5.10 Å². The van der Waals surface area contributed by atoms with E-state index in [9.17, 15) is 9.59 Å². The molecular weight excluding hydrogens is 292 g/mol. The van der Waals surface area contributed by atoms with Gasteiger partial charge in [-0.25, -0.2) is 0 Å². The summed E-state index contributed by atoms with van der Waals surface area (Å²) >= 11 is 0. The molecule has 1 aliphatic heterocycles. The number of aromatic amines is 1. The second-order valence-electron chi connectivity index (χ2n) is 6.08. The molecular formula is C17H22N4O2. The predicted molar refractivity (Wildman–Crippen MR) is 88.1 cm³/mol. The number of H-pyrrole nitrogens is 1. The van der Waals surface area contributed by atoms with E-state index in [4.69, 9.17) is 0 Å². The highest BCUT2D eigenvalue weighted by Gasteiger charge is 2.29. The van der Waals surface area contributed by atoms with Crippen LogP contribution < -0.4 is 5.32 Å². The first-order valence-corrected chi connectivity index (χ1v) is 8.12. The molecule has 2 aromatic rings. The maximum Gasteiger partial charge on any atom is 0.274 e. The van der Waals surface area contributed by atoms with E-state index in [0.717, 1.165) is 16.5 Å². The average molecular weight is 314 g/mol. The fraction of sp³-hybridized carbons (Fsp3) is 0.471. The lowest BCUT2D eigenvalue weighted by atomic mass is 9.95. The Morgan fingerprint density at radius 3 is 2.78 bits per heavy atom. The molecule has 2 amide bonds. The Balaban J connectivity index is 1.72. The van der Waals surface area contributed by atoms with Crippen molar-refractivity contribution >= 4 is 22.7 Å². The van der Waals surface area contributed by atoms with Gasteiger partial charge in [0.25, 0.3) is 5.91 Å². The van der Waals surface area contributed by atoms with Crippen LogP contribution in [-0.4, -0.2) is 46.5 Å². The van der Waals surface area contributed by atoms with Crippen LogP contribution in [0.5, 0.6) is 0 Å². The number of nitrogens with one attached hydrogen (secondary N) is 2. The van der Waals surface area contributed by atoms with Crippen LogP contribution in [-0.2, 0) is 4.79 Å². The summed E-state index contributed by atoms with van der Waals surface area (Å²) in [6, 6.07) is 5.91. The molecule has 122 valence electrons. The van der Waals surface area contributed by atoms with Gasteiger partial charge in [-0.05, 0) is 38.8 Å². The fourth-order valence-electron chi connectivity index (χ4n) is 3.10. The number of likely N-dealkylation sites (tertiary alicyclic amines) is 1. The number of hydrogen-bond donors (Lipinski definition) is 2. The molecule has 3 rings (SSSR count). The molecule has 0 unspecified atom stereocenters. The lowest BCUT2D eigenvalue weighted by molar-refractivity contribution is -0.126. The monoisotopic (exact) mass is 314 g/mol. The quantitative estimate of drug-likeness (QED) is 0.907. The van der Waals surface area contributed by atoms with E-state index in [2.05, 4.69) is 15.5 Å². The average Bonchev–Trinajstić information content (AvgIpc) is 2.97. The lowest BCUT2D eigenvalue weighted by Gasteiger charge is -2.30. The largest absolute Gasteiger partial charge is 0.356 e. The van der Waals surface area contributed by atoms with Crippen molar-refractivity contribution in [3.05, 3.63) is 29.5 Å². The highest BCUT2D eigenvalue weighted by atomic mass is 16.2. The predicted octanol–water partition coefficient (Wildman–Crippen LogP) is 1.86. The molecule has 0 saturated carbocycles. The Morgan fingerprint density at radius 2 is 2.09 bits per heavy atom. The van der Waals surface area contributed by atoms with Gasteiger partial charge in [0.05, 0.1) is 5.52 Å². The van der Waals surface area contributed by atoms with Crippen molar-refractivity contribution in [2.45, 2.75) is 26.7 Å². The standard InChI is InChI=1S/C17H22N4O2/c1-3-18-16(22)12-6-8-21(9-7-12)17(23)15-13-10-11(2)4-5-14(13)19-20-15/h4-5,10,12H,3,6-9H2,1-2H3,(H,18,22)(H,19,20). The molecule has 0 atom stereocenters. The summed E-state index contributed by atoms with van der Waals surface area (Å²) in [6.07, 6.45) is 1.41. The van der Waals surface area contributed by atoms with Crippen LogP contribution in [0.4, 0.5) is 0 Å². The number of benzene rings is 1. The van der Waals surface area contributed by atoms with E-state index in [1.54, 1.807) is 4.90 Å². The van der Waals surface area contributed by atoms with Gasteiger partial charge in [0, 0.05) is 30.9 Å². The minimum absolute atomic E-state index is 0.0113. The van der Waals surface area contributed by atoms with Crippen molar-refractivity contribution in [1.29, 1.82) is 0 Å². The fourth-order valence-corrected chi connectivity index (χ4v) is 3.10. The number of carbonyl (C=O) groups is 2. The normalized spacial score (nSPS) is 15.8. The Bertz CT molecular complexity index is 729. The smallest absolute Gasteiger partial charge is 0.274 e. The van der Waals surface area contributed by atoms with Gasteiger partial charge in [0.15, 0.2) is 5.69 Å². The molecule has 1 fully saturated rings. The number of carbonyl (C=O) groups excluding carboxylic acids is 2.